The molecule has 0 spiro atoms. The van der Waals surface area contributed by atoms with Crippen molar-refractivity contribution < 1.29 is 9.52 Å². The number of imidazole rings is 1. The normalized spacial score (nSPS) is 12.2. The fourth-order valence-corrected chi connectivity index (χ4v) is 2.14. The Morgan fingerprint density at radius 1 is 1.30 bits per heavy atom. The van der Waals surface area contributed by atoms with Gasteiger partial charge in [-0.25, -0.2) is 4.98 Å². The minimum Gasteiger partial charge on any atom is -0.508 e. The highest BCUT2D eigenvalue weighted by molar-refractivity contribution is 5.50. The van der Waals surface area contributed by atoms with E-state index in [0.717, 1.165) is 17.3 Å². The molecule has 0 aliphatic heterocycles. The summed E-state index contributed by atoms with van der Waals surface area (Å²) in [4.78, 5) is 4.37. The lowest BCUT2D eigenvalue weighted by atomic mass is 10.2. The third-order valence-corrected chi connectivity index (χ3v) is 3.10. The maximum Gasteiger partial charge on any atom is 0.143 e. The number of aromatic hydroxyl groups is 1. The highest BCUT2D eigenvalue weighted by Gasteiger charge is 2.20. The number of phenols is 1. The van der Waals surface area contributed by atoms with Gasteiger partial charge >= 0.3 is 0 Å². The molecule has 102 valence electrons. The Morgan fingerprint density at radius 2 is 2.20 bits per heavy atom. The van der Waals surface area contributed by atoms with Crippen molar-refractivity contribution >= 4 is 5.69 Å². The molecular weight excluding hydrogens is 254 g/mol. The van der Waals surface area contributed by atoms with Gasteiger partial charge in [0.25, 0.3) is 0 Å². The van der Waals surface area contributed by atoms with Crippen molar-refractivity contribution in [1.82, 2.24) is 9.55 Å². The number of benzene rings is 1. The largest absolute Gasteiger partial charge is 0.508 e. The molecule has 3 rings (SSSR count). The monoisotopic (exact) mass is 269 g/mol. The molecular formula is C15H15N3O2. The lowest BCUT2D eigenvalue weighted by Crippen LogP contribution is -2.16. The number of rotatable bonds is 4. The van der Waals surface area contributed by atoms with Crippen molar-refractivity contribution in [3.05, 3.63) is 66.6 Å². The molecule has 1 atom stereocenters. The summed E-state index contributed by atoms with van der Waals surface area (Å²) in [7, 11) is 1.93. The fourth-order valence-electron chi connectivity index (χ4n) is 2.14. The summed E-state index contributed by atoms with van der Waals surface area (Å²) in [6, 6.07) is 10.5. The molecule has 2 aromatic heterocycles. The first-order chi connectivity index (χ1) is 9.74. The number of anilines is 1. The smallest absolute Gasteiger partial charge is 0.143 e. The topological polar surface area (TPSA) is 63.2 Å². The van der Waals surface area contributed by atoms with E-state index in [2.05, 4.69) is 10.3 Å². The van der Waals surface area contributed by atoms with Crippen molar-refractivity contribution in [2.75, 3.05) is 5.32 Å². The summed E-state index contributed by atoms with van der Waals surface area (Å²) in [6.07, 6.45) is 5.26. The van der Waals surface area contributed by atoms with Gasteiger partial charge in [0.1, 0.15) is 23.4 Å². The number of hydrogen-bond acceptors (Lipinski definition) is 4. The first-order valence-corrected chi connectivity index (χ1v) is 6.30. The van der Waals surface area contributed by atoms with Gasteiger partial charge in [0.05, 0.1) is 6.26 Å². The number of nitrogens with zero attached hydrogens (tertiary/aromatic N) is 2. The molecule has 0 bridgehead atoms. The fraction of sp³-hybridized carbons (Fsp3) is 0.133. The molecule has 3 aromatic rings. The zero-order valence-corrected chi connectivity index (χ0v) is 11.0. The van der Waals surface area contributed by atoms with E-state index in [0.29, 0.717) is 0 Å². The second kappa shape index (κ2) is 5.13. The van der Waals surface area contributed by atoms with Gasteiger partial charge in [0.2, 0.25) is 0 Å². The number of hydrogen-bond donors (Lipinski definition) is 2. The van der Waals surface area contributed by atoms with Crippen molar-refractivity contribution in [2.24, 2.45) is 7.05 Å². The van der Waals surface area contributed by atoms with Gasteiger partial charge in [-0.2, -0.15) is 0 Å². The van der Waals surface area contributed by atoms with Crippen LogP contribution >= 0.6 is 0 Å². The van der Waals surface area contributed by atoms with Gasteiger partial charge in [-0.3, -0.25) is 0 Å². The summed E-state index contributed by atoms with van der Waals surface area (Å²) in [6.45, 7) is 0. The van der Waals surface area contributed by atoms with E-state index < -0.39 is 0 Å². The molecule has 0 saturated carbocycles. The van der Waals surface area contributed by atoms with E-state index in [4.69, 9.17) is 4.42 Å². The highest BCUT2D eigenvalue weighted by Crippen LogP contribution is 2.27. The predicted molar refractivity (Wildman–Crippen MR) is 75.5 cm³/mol. The van der Waals surface area contributed by atoms with Crippen LogP contribution in [-0.4, -0.2) is 14.7 Å². The SMILES string of the molecule is Cn1ccnc1C(Nc1cccc(O)c1)c1ccco1. The van der Waals surface area contributed by atoms with Gasteiger partial charge < -0.3 is 19.4 Å². The minimum absolute atomic E-state index is 0.216. The third kappa shape index (κ3) is 2.38. The third-order valence-electron chi connectivity index (χ3n) is 3.10. The lowest BCUT2D eigenvalue weighted by molar-refractivity contribution is 0.474. The summed E-state index contributed by atoms with van der Waals surface area (Å²) >= 11 is 0. The highest BCUT2D eigenvalue weighted by atomic mass is 16.3. The molecule has 0 aliphatic carbocycles. The number of aryl methyl sites for hydroxylation is 1. The number of aromatic nitrogens is 2. The number of nitrogens with one attached hydrogen (secondary N) is 1. The second-order valence-corrected chi connectivity index (χ2v) is 4.54. The van der Waals surface area contributed by atoms with Gasteiger partial charge in [-0.1, -0.05) is 6.07 Å². The molecule has 0 saturated heterocycles. The summed E-state index contributed by atoms with van der Waals surface area (Å²) in [5.41, 5.74) is 0.800. The summed E-state index contributed by atoms with van der Waals surface area (Å²) in [5, 5.41) is 12.9. The van der Waals surface area contributed by atoms with Crippen LogP contribution < -0.4 is 5.32 Å². The quantitative estimate of drug-likeness (QED) is 0.764. The molecule has 5 heteroatoms. The summed E-state index contributed by atoms with van der Waals surface area (Å²) < 4.78 is 7.43. The lowest BCUT2D eigenvalue weighted by Gasteiger charge is -2.17. The molecule has 1 unspecified atom stereocenters. The zero-order chi connectivity index (χ0) is 13.9. The van der Waals surface area contributed by atoms with Crippen molar-refractivity contribution in [3.63, 3.8) is 0 Å². The van der Waals surface area contributed by atoms with Gasteiger partial charge in [0, 0.05) is 31.2 Å². The summed E-state index contributed by atoms with van der Waals surface area (Å²) in [5.74, 6) is 1.82. The van der Waals surface area contributed by atoms with Crippen LogP contribution in [0.1, 0.15) is 17.6 Å². The van der Waals surface area contributed by atoms with Crippen LogP contribution in [0.3, 0.4) is 0 Å². The van der Waals surface area contributed by atoms with Gasteiger partial charge in [-0.15, -0.1) is 0 Å². The van der Waals surface area contributed by atoms with Gasteiger partial charge in [0.15, 0.2) is 0 Å². The Hall–Kier alpha value is -2.69. The van der Waals surface area contributed by atoms with Crippen LogP contribution in [0, 0.1) is 0 Å². The molecule has 1 aromatic carbocycles. The van der Waals surface area contributed by atoms with Gasteiger partial charge in [-0.05, 0) is 24.3 Å². The first-order valence-electron chi connectivity index (χ1n) is 6.30. The maximum absolute atomic E-state index is 9.56. The molecule has 2 N–H and O–H groups in total. The molecule has 20 heavy (non-hydrogen) atoms. The standard InChI is InChI=1S/C15H15N3O2/c1-18-8-7-16-15(18)14(13-6-3-9-20-13)17-11-4-2-5-12(19)10-11/h2-10,14,17,19H,1H3. The average Bonchev–Trinajstić information content (AvgIpc) is 3.07. The van der Waals surface area contributed by atoms with E-state index in [-0.39, 0.29) is 11.8 Å². The van der Waals surface area contributed by atoms with Crippen LogP contribution in [0.5, 0.6) is 5.75 Å². The van der Waals surface area contributed by atoms with E-state index in [1.165, 1.54) is 0 Å². The van der Waals surface area contributed by atoms with Crippen LogP contribution in [0.25, 0.3) is 0 Å². The number of furan rings is 1. The van der Waals surface area contributed by atoms with E-state index in [1.54, 1.807) is 30.7 Å². The Morgan fingerprint density at radius 3 is 2.85 bits per heavy atom. The Balaban J connectivity index is 1.97. The van der Waals surface area contributed by atoms with Crippen molar-refractivity contribution in [1.29, 1.82) is 0 Å². The molecule has 0 amide bonds. The first kappa shape index (κ1) is 12.3. The Bertz CT molecular complexity index is 689. The van der Waals surface area contributed by atoms with Crippen LogP contribution in [0.2, 0.25) is 0 Å². The zero-order valence-electron chi connectivity index (χ0n) is 11.0. The van der Waals surface area contributed by atoms with E-state index in [9.17, 15) is 5.11 Å². The van der Waals surface area contributed by atoms with E-state index in [1.807, 2.05) is 36.0 Å². The van der Waals surface area contributed by atoms with E-state index >= 15 is 0 Å². The van der Waals surface area contributed by atoms with Crippen LogP contribution in [0.4, 0.5) is 5.69 Å². The molecule has 0 radical (unpaired) electrons. The molecule has 2 heterocycles. The van der Waals surface area contributed by atoms with Crippen LogP contribution in [0.15, 0.2) is 59.5 Å². The second-order valence-electron chi connectivity index (χ2n) is 4.54. The van der Waals surface area contributed by atoms with Crippen LogP contribution in [-0.2, 0) is 7.05 Å². The van der Waals surface area contributed by atoms with Crippen molar-refractivity contribution in [2.45, 2.75) is 6.04 Å². The minimum atomic E-state index is -0.216. The maximum atomic E-state index is 9.56. The molecule has 0 aliphatic rings. The predicted octanol–water partition coefficient (Wildman–Crippen LogP) is 2.92. The Labute approximate surface area is 116 Å². The number of phenolic OH excluding ortho intramolecular Hbond substituents is 1. The average molecular weight is 269 g/mol. The molecule has 0 fully saturated rings. The molecule has 5 nitrogen and oxygen atoms in total. The van der Waals surface area contributed by atoms with Crippen molar-refractivity contribution in [3.8, 4) is 5.75 Å². The Kier molecular flexibility index (Phi) is 3.16.